The largest absolute Gasteiger partial charge is 0.508 e. The lowest BCUT2D eigenvalue weighted by molar-refractivity contribution is -0.138. The standard InChI is InChI=1S/C21H20N2O6/c1-2-28-20(26)17-11-22-21(27)23-18(17)12-29-19(25)15-5-3-13(4-6-15)14-7-9-16(24)10-8-14/h3-10,24H,2,11-12H2,1H3,(H2,22,23,27). The van der Waals surface area contributed by atoms with Crippen LogP contribution in [0.4, 0.5) is 4.79 Å². The molecule has 0 saturated heterocycles. The fourth-order valence-corrected chi connectivity index (χ4v) is 2.74. The van der Waals surface area contributed by atoms with E-state index in [4.69, 9.17) is 9.47 Å². The van der Waals surface area contributed by atoms with Gasteiger partial charge in [0.2, 0.25) is 0 Å². The number of carbonyl (C=O) groups excluding carboxylic acids is 3. The van der Waals surface area contributed by atoms with Gasteiger partial charge >= 0.3 is 18.0 Å². The van der Waals surface area contributed by atoms with Crippen LogP contribution in [-0.4, -0.2) is 42.8 Å². The van der Waals surface area contributed by atoms with Crippen LogP contribution in [0.15, 0.2) is 59.8 Å². The molecule has 150 valence electrons. The van der Waals surface area contributed by atoms with Crippen LogP contribution >= 0.6 is 0 Å². The third-order valence-corrected chi connectivity index (χ3v) is 4.25. The summed E-state index contributed by atoms with van der Waals surface area (Å²) >= 11 is 0. The first-order valence-electron chi connectivity index (χ1n) is 8.98. The van der Waals surface area contributed by atoms with Crippen LogP contribution in [0.1, 0.15) is 17.3 Å². The maximum absolute atomic E-state index is 12.3. The number of benzene rings is 2. The number of hydrogen-bond donors (Lipinski definition) is 3. The third kappa shape index (κ3) is 4.92. The van der Waals surface area contributed by atoms with Gasteiger partial charge in [0, 0.05) is 0 Å². The number of nitrogens with one attached hydrogen (secondary N) is 2. The number of phenols is 1. The van der Waals surface area contributed by atoms with Gasteiger partial charge in [-0.25, -0.2) is 14.4 Å². The van der Waals surface area contributed by atoms with Gasteiger partial charge in [-0.05, 0) is 42.3 Å². The van der Waals surface area contributed by atoms with Crippen LogP contribution in [0.2, 0.25) is 0 Å². The number of hydrogen-bond acceptors (Lipinski definition) is 6. The molecular formula is C21H20N2O6. The maximum Gasteiger partial charge on any atom is 0.338 e. The monoisotopic (exact) mass is 396 g/mol. The van der Waals surface area contributed by atoms with Crippen molar-refractivity contribution in [3.8, 4) is 16.9 Å². The predicted octanol–water partition coefficient (Wildman–Crippen LogP) is 2.35. The first-order chi connectivity index (χ1) is 14.0. The molecule has 8 nitrogen and oxygen atoms in total. The summed E-state index contributed by atoms with van der Waals surface area (Å²) in [6.45, 7) is 1.60. The van der Waals surface area contributed by atoms with Crippen LogP contribution < -0.4 is 10.6 Å². The molecule has 0 aliphatic carbocycles. The van der Waals surface area contributed by atoms with Crippen LogP contribution in [0.5, 0.6) is 5.75 Å². The van der Waals surface area contributed by atoms with E-state index in [2.05, 4.69) is 10.6 Å². The Morgan fingerprint density at radius 3 is 2.21 bits per heavy atom. The first-order valence-corrected chi connectivity index (χ1v) is 8.98. The minimum absolute atomic E-state index is 0.00111. The van der Waals surface area contributed by atoms with Gasteiger partial charge in [0.15, 0.2) is 0 Å². The van der Waals surface area contributed by atoms with Crippen molar-refractivity contribution >= 4 is 18.0 Å². The van der Waals surface area contributed by atoms with E-state index in [9.17, 15) is 19.5 Å². The van der Waals surface area contributed by atoms with Gasteiger partial charge in [0.1, 0.15) is 12.4 Å². The van der Waals surface area contributed by atoms with Crippen LogP contribution in [0.25, 0.3) is 11.1 Å². The van der Waals surface area contributed by atoms with Crippen molar-refractivity contribution in [1.29, 1.82) is 0 Å². The highest BCUT2D eigenvalue weighted by molar-refractivity contribution is 5.94. The third-order valence-electron chi connectivity index (χ3n) is 4.25. The van der Waals surface area contributed by atoms with Gasteiger partial charge in [0.25, 0.3) is 0 Å². The highest BCUT2D eigenvalue weighted by Crippen LogP contribution is 2.22. The first kappa shape index (κ1) is 19.9. The number of esters is 2. The van der Waals surface area contributed by atoms with Gasteiger partial charge in [0.05, 0.1) is 30.0 Å². The number of urea groups is 1. The number of amides is 2. The summed E-state index contributed by atoms with van der Waals surface area (Å²) in [5, 5.41) is 14.3. The van der Waals surface area contributed by atoms with Crippen molar-refractivity contribution < 1.29 is 29.0 Å². The number of phenolic OH excluding ortho intramolecular Hbond substituents is 1. The zero-order chi connectivity index (χ0) is 20.8. The average molecular weight is 396 g/mol. The van der Waals surface area contributed by atoms with E-state index in [-0.39, 0.29) is 36.8 Å². The number of rotatable bonds is 6. The molecule has 2 amide bonds. The molecule has 0 atom stereocenters. The topological polar surface area (TPSA) is 114 Å². The lowest BCUT2D eigenvalue weighted by Crippen LogP contribution is -2.45. The van der Waals surface area contributed by atoms with E-state index >= 15 is 0 Å². The van der Waals surface area contributed by atoms with E-state index < -0.39 is 18.0 Å². The minimum atomic E-state index is -0.592. The summed E-state index contributed by atoms with van der Waals surface area (Å²) in [6, 6.07) is 13.0. The SMILES string of the molecule is CCOC(=O)C1=C(COC(=O)c2ccc(-c3ccc(O)cc3)cc2)NC(=O)NC1. The maximum atomic E-state index is 12.3. The normalized spacial score (nSPS) is 13.3. The van der Waals surface area contributed by atoms with E-state index in [1.807, 2.05) is 0 Å². The fourth-order valence-electron chi connectivity index (χ4n) is 2.74. The van der Waals surface area contributed by atoms with Crippen LogP contribution in [0.3, 0.4) is 0 Å². The van der Waals surface area contributed by atoms with Gasteiger partial charge in [-0.15, -0.1) is 0 Å². The Balaban J connectivity index is 1.68. The molecule has 0 bridgehead atoms. The van der Waals surface area contributed by atoms with Crippen LogP contribution in [-0.2, 0) is 14.3 Å². The molecule has 2 aromatic rings. The quantitative estimate of drug-likeness (QED) is 0.646. The molecule has 0 spiro atoms. The van der Waals surface area contributed by atoms with E-state index in [1.165, 1.54) is 0 Å². The van der Waals surface area contributed by atoms with Gasteiger partial charge in [-0.1, -0.05) is 24.3 Å². The summed E-state index contributed by atoms with van der Waals surface area (Å²) in [7, 11) is 0. The summed E-state index contributed by atoms with van der Waals surface area (Å²) < 4.78 is 10.2. The van der Waals surface area contributed by atoms with Gasteiger partial charge in [-0.2, -0.15) is 0 Å². The van der Waals surface area contributed by atoms with Gasteiger partial charge < -0.3 is 25.2 Å². The molecule has 0 unspecified atom stereocenters. The number of aromatic hydroxyl groups is 1. The molecule has 0 radical (unpaired) electrons. The molecule has 1 aliphatic heterocycles. The Morgan fingerprint density at radius 1 is 0.966 bits per heavy atom. The zero-order valence-electron chi connectivity index (χ0n) is 15.7. The fraction of sp³-hybridized carbons (Fsp3) is 0.190. The molecular weight excluding hydrogens is 376 g/mol. The average Bonchev–Trinajstić information content (AvgIpc) is 2.73. The molecule has 0 fully saturated rings. The highest BCUT2D eigenvalue weighted by atomic mass is 16.5. The second-order valence-electron chi connectivity index (χ2n) is 6.19. The predicted molar refractivity (Wildman–Crippen MR) is 104 cm³/mol. The lowest BCUT2D eigenvalue weighted by Gasteiger charge is -2.21. The molecule has 29 heavy (non-hydrogen) atoms. The molecule has 1 heterocycles. The van der Waals surface area contributed by atoms with Crippen molar-refractivity contribution in [2.75, 3.05) is 19.8 Å². The Bertz CT molecular complexity index is 948. The van der Waals surface area contributed by atoms with Crippen LogP contribution in [0, 0.1) is 0 Å². The Hall–Kier alpha value is -3.81. The molecule has 2 aromatic carbocycles. The summed E-state index contributed by atoms with van der Waals surface area (Å²) in [5.74, 6) is -0.995. The molecule has 3 N–H and O–H groups in total. The smallest absolute Gasteiger partial charge is 0.338 e. The van der Waals surface area contributed by atoms with Crippen molar-refractivity contribution in [2.24, 2.45) is 0 Å². The minimum Gasteiger partial charge on any atom is -0.508 e. The molecule has 0 saturated carbocycles. The van der Waals surface area contributed by atoms with E-state index in [1.54, 1.807) is 55.5 Å². The summed E-state index contributed by atoms with van der Waals surface area (Å²) in [4.78, 5) is 35.9. The summed E-state index contributed by atoms with van der Waals surface area (Å²) in [6.07, 6.45) is 0. The number of ether oxygens (including phenoxy) is 2. The van der Waals surface area contributed by atoms with E-state index in [0.29, 0.717) is 5.56 Å². The van der Waals surface area contributed by atoms with Crippen molar-refractivity contribution in [1.82, 2.24) is 10.6 Å². The Kier molecular flexibility index (Phi) is 6.13. The Morgan fingerprint density at radius 2 is 1.59 bits per heavy atom. The lowest BCUT2D eigenvalue weighted by atomic mass is 10.0. The summed E-state index contributed by atoms with van der Waals surface area (Å²) in [5.41, 5.74) is 2.50. The Labute approximate surface area is 167 Å². The molecule has 0 aromatic heterocycles. The van der Waals surface area contributed by atoms with Crippen molar-refractivity contribution in [2.45, 2.75) is 6.92 Å². The zero-order valence-corrected chi connectivity index (χ0v) is 15.7. The molecule has 8 heteroatoms. The molecule has 3 rings (SSSR count). The second-order valence-corrected chi connectivity index (χ2v) is 6.19. The number of carbonyl (C=O) groups is 3. The highest BCUT2D eigenvalue weighted by Gasteiger charge is 2.24. The second kappa shape index (κ2) is 8.92. The van der Waals surface area contributed by atoms with Gasteiger partial charge in [-0.3, -0.25) is 0 Å². The molecule has 1 aliphatic rings. The van der Waals surface area contributed by atoms with Crippen molar-refractivity contribution in [3.05, 3.63) is 65.4 Å². The van der Waals surface area contributed by atoms with E-state index in [0.717, 1.165) is 11.1 Å². The van der Waals surface area contributed by atoms with Crippen molar-refractivity contribution in [3.63, 3.8) is 0 Å².